The number of nitrogens with zero attached hydrogens (tertiary/aromatic N) is 6. The number of piperazine rings is 1. The molecule has 1 amide bonds. The van der Waals surface area contributed by atoms with Crippen LogP contribution >= 0.6 is 11.6 Å². The number of ether oxygens (including phenoxy) is 1. The van der Waals surface area contributed by atoms with E-state index in [1.165, 1.54) is 7.05 Å². The number of pyridine rings is 1. The van der Waals surface area contributed by atoms with Crippen molar-refractivity contribution in [2.45, 2.75) is 13.5 Å². The number of carbonyl (C=O) groups is 1. The third-order valence-electron chi connectivity index (χ3n) is 6.57. The normalized spacial score (nSPS) is 14.2. The van der Waals surface area contributed by atoms with Crippen molar-refractivity contribution >= 4 is 45.9 Å². The summed E-state index contributed by atoms with van der Waals surface area (Å²) in [5, 5.41) is 7.00. The van der Waals surface area contributed by atoms with E-state index < -0.39 is 0 Å². The summed E-state index contributed by atoms with van der Waals surface area (Å²) in [7, 11) is 5.42. The van der Waals surface area contributed by atoms with Gasteiger partial charge in [0.1, 0.15) is 5.02 Å². The van der Waals surface area contributed by atoms with Crippen molar-refractivity contribution in [3.63, 3.8) is 0 Å². The van der Waals surface area contributed by atoms with E-state index in [9.17, 15) is 9.59 Å². The highest BCUT2D eigenvalue weighted by Gasteiger charge is 2.19. The van der Waals surface area contributed by atoms with E-state index in [0.29, 0.717) is 29.9 Å². The Balaban J connectivity index is 1.64. The van der Waals surface area contributed by atoms with Crippen LogP contribution in [0.5, 0.6) is 5.75 Å². The number of hydrogen-bond acceptors (Lipinski definition) is 9. The molecule has 204 valence electrons. The number of amides is 1. The minimum absolute atomic E-state index is 0.116. The maximum Gasteiger partial charge on any atom is 0.293 e. The van der Waals surface area contributed by atoms with Gasteiger partial charge in [-0.05, 0) is 44.9 Å². The summed E-state index contributed by atoms with van der Waals surface area (Å²) >= 11 is 6.45. The maximum atomic E-state index is 13.2. The van der Waals surface area contributed by atoms with Gasteiger partial charge in [-0.3, -0.25) is 9.59 Å². The zero-order chi connectivity index (χ0) is 27.2. The van der Waals surface area contributed by atoms with Crippen LogP contribution in [0.1, 0.15) is 6.92 Å². The molecule has 1 aromatic carbocycles. The summed E-state index contributed by atoms with van der Waals surface area (Å²) in [6.07, 6.45) is 1.61. The Hall–Kier alpha value is -3.41. The molecule has 0 atom stereocenters. The van der Waals surface area contributed by atoms with Crippen LogP contribution in [0.4, 0.5) is 17.5 Å². The van der Waals surface area contributed by atoms with Crippen LogP contribution in [0, 0.1) is 0 Å². The predicted octanol–water partition coefficient (Wildman–Crippen LogP) is 2.02. The highest BCUT2D eigenvalue weighted by molar-refractivity contribution is 6.32. The Bertz CT molecular complexity index is 1340. The van der Waals surface area contributed by atoms with E-state index >= 15 is 0 Å². The average molecular weight is 543 g/mol. The number of hydrogen-bond donors (Lipinski definition) is 2. The zero-order valence-corrected chi connectivity index (χ0v) is 23.1. The Morgan fingerprint density at radius 2 is 1.95 bits per heavy atom. The monoisotopic (exact) mass is 542 g/mol. The molecule has 0 radical (unpaired) electrons. The minimum atomic E-state index is -0.315. The van der Waals surface area contributed by atoms with E-state index in [2.05, 4.69) is 32.3 Å². The molecule has 1 saturated heterocycles. The summed E-state index contributed by atoms with van der Waals surface area (Å²) in [4.78, 5) is 40.6. The van der Waals surface area contributed by atoms with Gasteiger partial charge in [0, 0.05) is 57.4 Å². The molecular formula is C26H35ClN8O3. The van der Waals surface area contributed by atoms with Gasteiger partial charge in [-0.2, -0.15) is 4.98 Å². The number of anilines is 3. The Kier molecular flexibility index (Phi) is 9.03. The molecule has 1 aliphatic heterocycles. The van der Waals surface area contributed by atoms with Crippen LogP contribution in [0.2, 0.25) is 5.02 Å². The molecule has 2 N–H and O–H groups in total. The van der Waals surface area contributed by atoms with Crippen LogP contribution in [-0.4, -0.2) is 97.3 Å². The first kappa shape index (κ1) is 27.6. The number of halogens is 1. The average Bonchev–Trinajstić information content (AvgIpc) is 2.92. The van der Waals surface area contributed by atoms with E-state index in [0.717, 1.165) is 49.3 Å². The molecule has 4 rings (SSSR count). The summed E-state index contributed by atoms with van der Waals surface area (Å²) in [5.74, 6) is 0.942. The van der Waals surface area contributed by atoms with Crippen molar-refractivity contribution < 1.29 is 9.53 Å². The van der Waals surface area contributed by atoms with E-state index in [1.807, 2.05) is 37.2 Å². The molecule has 1 fully saturated rings. The molecule has 0 aliphatic carbocycles. The van der Waals surface area contributed by atoms with Crippen molar-refractivity contribution in [2.24, 2.45) is 0 Å². The molecule has 0 bridgehead atoms. The van der Waals surface area contributed by atoms with Gasteiger partial charge in [0.2, 0.25) is 5.95 Å². The highest BCUT2D eigenvalue weighted by Crippen LogP contribution is 2.28. The van der Waals surface area contributed by atoms with Crippen molar-refractivity contribution in [2.75, 3.05) is 77.2 Å². The molecule has 0 saturated carbocycles. The Labute approximate surface area is 227 Å². The SMILES string of the molecule is CCN1CCN(c2ncc(Cl)c(Nc3ccc4c(c3)cc(OCC(=O)NC)c(=O)n4CCN(C)C)n2)CC1. The zero-order valence-electron chi connectivity index (χ0n) is 22.3. The lowest BCUT2D eigenvalue weighted by Crippen LogP contribution is -2.46. The first-order chi connectivity index (χ1) is 18.3. The Morgan fingerprint density at radius 3 is 2.63 bits per heavy atom. The molecular weight excluding hydrogens is 508 g/mol. The topological polar surface area (TPSA) is 108 Å². The fraction of sp³-hybridized carbons (Fsp3) is 0.462. The second-order valence-corrected chi connectivity index (χ2v) is 9.82. The van der Waals surface area contributed by atoms with Crippen LogP contribution in [0.3, 0.4) is 0 Å². The quantitative estimate of drug-likeness (QED) is 0.398. The van der Waals surface area contributed by atoms with Gasteiger partial charge < -0.3 is 34.6 Å². The van der Waals surface area contributed by atoms with Gasteiger partial charge in [-0.1, -0.05) is 18.5 Å². The van der Waals surface area contributed by atoms with Gasteiger partial charge in [-0.15, -0.1) is 0 Å². The van der Waals surface area contributed by atoms with E-state index in [4.69, 9.17) is 21.3 Å². The number of nitrogens with one attached hydrogen (secondary N) is 2. The van der Waals surface area contributed by atoms with Crippen LogP contribution < -0.4 is 25.8 Å². The fourth-order valence-corrected chi connectivity index (χ4v) is 4.42. The summed E-state index contributed by atoms with van der Waals surface area (Å²) in [6, 6.07) is 7.35. The summed E-state index contributed by atoms with van der Waals surface area (Å²) in [6.45, 7) is 7.74. The molecule has 0 unspecified atom stereocenters. The first-order valence-corrected chi connectivity index (χ1v) is 13.1. The maximum absolute atomic E-state index is 13.2. The molecule has 38 heavy (non-hydrogen) atoms. The largest absolute Gasteiger partial charge is 0.478 e. The lowest BCUT2D eigenvalue weighted by Gasteiger charge is -2.34. The molecule has 3 heterocycles. The lowest BCUT2D eigenvalue weighted by atomic mass is 10.1. The van der Waals surface area contributed by atoms with Crippen molar-refractivity contribution in [1.29, 1.82) is 0 Å². The highest BCUT2D eigenvalue weighted by atomic mass is 35.5. The third-order valence-corrected chi connectivity index (χ3v) is 6.84. The number of aromatic nitrogens is 3. The fourth-order valence-electron chi connectivity index (χ4n) is 4.28. The van der Waals surface area contributed by atoms with Crippen molar-refractivity contribution in [3.8, 4) is 5.75 Å². The number of fused-ring (bicyclic) bond motifs is 1. The molecule has 3 aromatic rings. The number of carbonyl (C=O) groups excluding carboxylic acids is 1. The number of benzene rings is 1. The molecule has 12 heteroatoms. The second kappa shape index (κ2) is 12.4. The third kappa shape index (κ3) is 6.53. The molecule has 11 nitrogen and oxygen atoms in total. The second-order valence-electron chi connectivity index (χ2n) is 9.42. The van der Waals surface area contributed by atoms with Gasteiger partial charge in [-0.25, -0.2) is 4.98 Å². The summed E-state index contributed by atoms with van der Waals surface area (Å²) in [5.41, 5.74) is 1.23. The van der Waals surface area contributed by atoms with Crippen LogP contribution in [0.15, 0.2) is 35.3 Å². The predicted molar refractivity (Wildman–Crippen MR) is 151 cm³/mol. The van der Waals surface area contributed by atoms with Gasteiger partial charge in [0.25, 0.3) is 11.5 Å². The lowest BCUT2D eigenvalue weighted by molar-refractivity contribution is -0.122. The van der Waals surface area contributed by atoms with Crippen molar-refractivity contribution in [3.05, 3.63) is 45.8 Å². The molecule has 1 aliphatic rings. The number of likely N-dealkylation sites (N-methyl/N-ethyl adjacent to an activating group) is 3. The van der Waals surface area contributed by atoms with E-state index in [-0.39, 0.29) is 23.8 Å². The number of rotatable bonds is 10. The molecule has 2 aromatic heterocycles. The van der Waals surface area contributed by atoms with Crippen LogP contribution in [-0.2, 0) is 11.3 Å². The molecule has 0 spiro atoms. The standard InChI is InChI=1S/C26H35ClN8O3/c1-5-33-9-11-34(12-10-33)26-29-16-20(27)24(31-26)30-19-6-7-21-18(14-19)15-22(38-17-23(36)28-2)25(37)35(21)13-8-32(3)4/h6-7,14-16H,5,8-13,17H2,1-4H3,(H,28,36)(H,29,30,31). The van der Waals surface area contributed by atoms with Gasteiger partial charge >= 0.3 is 0 Å². The van der Waals surface area contributed by atoms with Gasteiger partial charge in [0.15, 0.2) is 18.2 Å². The smallest absolute Gasteiger partial charge is 0.293 e. The van der Waals surface area contributed by atoms with Gasteiger partial charge in [0.05, 0.1) is 11.7 Å². The minimum Gasteiger partial charge on any atom is -0.478 e. The van der Waals surface area contributed by atoms with Crippen LogP contribution in [0.25, 0.3) is 10.9 Å². The first-order valence-electron chi connectivity index (χ1n) is 12.7. The Morgan fingerprint density at radius 1 is 1.18 bits per heavy atom. The van der Waals surface area contributed by atoms with E-state index in [1.54, 1.807) is 16.8 Å². The van der Waals surface area contributed by atoms with Crippen molar-refractivity contribution in [1.82, 2.24) is 29.7 Å². The summed E-state index contributed by atoms with van der Waals surface area (Å²) < 4.78 is 7.26.